The number of ether oxygens (including phenoxy) is 2. The second-order valence-electron chi connectivity index (χ2n) is 2.83. The average molecular weight is 234 g/mol. The van der Waals surface area contributed by atoms with Crippen LogP contribution >= 0.6 is 11.8 Å². The summed E-state index contributed by atoms with van der Waals surface area (Å²) in [5.74, 6) is -1.03. The molecule has 0 radical (unpaired) electrons. The molecule has 0 aromatic carbocycles. The second-order valence-corrected chi connectivity index (χ2v) is 3.93. The van der Waals surface area contributed by atoms with Gasteiger partial charge in [0.25, 0.3) is 0 Å². The molecule has 0 saturated carbocycles. The first-order valence-electron chi connectivity index (χ1n) is 4.98. The molecule has 0 N–H and O–H groups in total. The van der Waals surface area contributed by atoms with Crippen molar-refractivity contribution in [3.05, 3.63) is 0 Å². The number of hydrogen-bond acceptors (Lipinski definition) is 5. The fraction of sp³-hybridized carbons (Fsp3) is 0.800. The van der Waals surface area contributed by atoms with E-state index in [0.717, 1.165) is 11.8 Å². The van der Waals surface area contributed by atoms with E-state index in [1.54, 1.807) is 27.0 Å². The Morgan fingerprint density at radius 1 is 1.07 bits per heavy atom. The van der Waals surface area contributed by atoms with Crippen molar-refractivity contribution in [1.82, 2.24) is 0 Å². The van der Waals surface area contributed by atoms with Gasteiger partial charge in [-0.2, -0.15) is 0 Å². The third-order valence-electron chi connectivity index (χ3n) is 2.06. The Kier molecular flexibility index (Phi) is 6.40. The first-order chi connectivity index (χ1) is 7.08. The fourth-order valence-corrected chi connectivity index (χ4v) is 1.92. The Hall–Kier alpha value is -0.710. The lowest BCUT2D eigenvalue weighted by atomic mass is 10.1. The normalized spacial score (nSPS) is 10.9. The smallest absolute Gasteiger partial charge is 0.333 e. The van der Waals surface area contributed by atoms with Gasteiger partial charge in [0.2, 0.25) is 4.75 Å². The van der Waals surface area contributed by atoms with Crippen LogP contribution in [0.2, 0.25) is 0 Å². The fourth-order valence-electron chi connectivity index (χ4n) is 1.18. The van der Waals surface area contributed by atoms with Gasteiger partial charge in [0.1, 0.15) is 0 Å². The van der Waals surface area contributed by atoms with Crippen LogP contribution in [-0.2, 0) is 19.1 Å². The van der Waals surface area contributed by atoms with Crippen LogP contribution in [0.3, 0.4) is 0 Å². The molecule has 0 amide bonds. The highest BCUT2D eigenvalue weighted by Crippen LogP contribution is 2.30. The molecular weight excluding hydrogens is 216 g/mol. The highest BCUT2D eigenvalue weighted by molar-refractivity contribution is 8.01. The molecule has 5 heteroatoms. The van der Waals surface area contributed by atoms with Crippen LogP contribution in [0.5, 0.6) is 0 Å². The van der Waals surface area contributed by atoms with E-state index in [1.165, 1.54) is 0 Å². The molecule has 0 aromatic heterocycles. The Morgan fingerprint density at radius 2 is 1.47 bits per heavy atom. The molecule has 0 rings (SSSR count). The van der Waals surface area contributed by atoms with Crippen LogP contribution in [0, 0.1) is 0 Å². The van der Waals surface area contributed by atoms with Gasteiger partial charge in [-0.05, 0) is 26.5 Å². The molecule has 0 aliphatic rings. The molecule has 0 saturated heterocycles. The predicted molar refractivity (Wildman–Crippen MR) is 59.8 cm³/mol. The number of thioether (sulfide) groups is 1. The first-order valence-corrected chi connectivity index (χ1v) is 6.21. The molecule has 4 nitrogen and oxygen atoms in total. The largest absolute Gasteiger partial charge is 0.465 e. The SMILES string of the molecule is CCOC(=O)C(CC)(SC)C(=O)OCC. The lowest BCUT2D eigenvalue weighted by Crippen LogP contribution is -2.45. The second kappa shape index (κ2) is 6.71. The summed E-state index contributed by atoms with van der Waals surface area (Å²) in [6, 6.07) is 0. The van der Waals surface area contributed by atoms with Crippen molar-refractivity contribution in [3.8, 4) is 0 Å². The summed E-state index contributed by atoms with van der Waals surface area (Å²) in [4.78, 5) is 23.4. The molecule has 0 unspecified atom stereocenters. The average Bonchev–Trinajstić information content (AvgIpc) is 2.21. The third-order valence-corrected chi connectivity index (χ3v) is 3.38. The van der Waals surface area contributed by atoms with Crippen molar-refractivity contribution >= 4 is 23.7 Å². The zero-order chi connectivity index (χ0) is 11.9. The lowest BCUT2D eigenvalue weighted by Gasteiger charge is -2.25. The molecule has 0 fully saturated rings. The van der Waals surface area contributed by atoms with E-state index in [2.05, 4.69) is 0 Å². The van der Waals surface area contributed by atoms with E-state index in [0.29, 0.717) is 6.42 Å². The van der Waals surface area contributed by atoms with Gasteiger partial charge >= 0.3 is 11.9 Å². The molecule has 0 bridgehead atoms. The van der Waals surface area contributed by atoms with Gasteiger partial charge in [0, 0.05) is 0 Å². The van der Waals surface area contributed by atoms with Crippen LogP contribution in [-0.4, -0.2) is 36.2 Å². The van der Waals surface area contributed by atoms with E-state index >= 15 is 0 Å². The Labute approximate surface area is 94.7 Å². The maximum atomic E-state index is 11.7. The summed E-state index contributed by atoms with van der Waals surface area (Å²) in [5.41, 5.74) is 0. The van der Waals surface area contributed by atoms with Crippen LogP contribution in [0.4, 0.5) is 0 Å². The van der Waals surface area contributed by atoms with Crippen LogP contribution in [0.1, 0.15) is 27.2 Å². The minimum Gasteiger partial charge on any atom is -0.465 e. The summed E-state index contributed by atoms with van der Waals surface area (Å²) >= 11 is 1.16. The summed E-state index contributed by atoms with van der Waals surface area (Å²) in [5, 5.41) is 0. The van der Waals surface area contributed by atoms with E-state index in [1.807, 2.05) is 0 Å². The number of carbonyl (C=O) groups excluding carboxylic acids is 2. The standard InChI is InChI=1S/C10H18O4S/c1-5-10(15-4,8(11)13-6-2)9(12)14-7-3/h5-7H2,1-4H3. The number of hydrogen-bond donors (Lipinski definition) is 0. The van der Waals surface area contributed by atoms with Crippen molar-refractivity contribution in [2.24, 2.45) is 0 Å². The van der Waals surface area contributed by atoms with Crippen molar-refractivity contribution in [3.63, 3.8) is 0 Å². The molecule has 0 aliphatic carbocycles. The zero-order valence-electron chi connectivity index (χ0n) is 9.66. The van der Waals surface area contributed by atoms with Gasteiger partial charge in [-0.25, -0.2) is 9.59 Å². The van der Waals surface area contributed by atoms with Crippen molar-refractivity contribution in [2.45, 2.75) is 31.9 Å². The Morgan fingerprint density at radius 3 is 1.67 bits per heavy atom. The maximum Gasteiger partial charge on any atom is 0.333 e. The van der Waals surface area contributed by atoms with Crippen molar-refractivity contribution < 1.29 is 19.1 Å². The van der Waals surface area contributed by atoms with Crippen LogP contribution in [0.25, 0.3) is 0 Å². The highest BCUT2D eigenvalue weighted by Gasteiger charge is 2.46. The summed E-state index contributed by atoms with van der Waals surface area (Å²) in [6.07, 6.45) is 2.07. The molecular formula is C10H18O4S. The van der Waals surface area contributed by atoms with Crippen LogP contribution < -0.4 is 0 Å². The highest BCUT2D eigenvalue weighted by atomic mass is 32.2. The molecule has 0 aliphatic heterocycles. The summed E-state index contributed by atoms with van der Waals surface area (Å²) in [6.45, 7) is 5.72. The lowest BCUT2D eigenvalue weighted by molar-refractivity contribution is -0.158. The minimum absolute atomic E-state index is 0.264. The molecule has 0 spiro atoms. The number of esters is 2. The van der Waals surface area contributed by atoms with Gasteiger partial charge in [-0.3, -0.25) is 0 Å². The van der Waals surface area contributed by atoms with E-state index < -0.39 is 16.7 Å². The van der Waals surface area contributed by atoms with Gasteiger partial charge in [0.05, 0.1) is 13.2 Å². The number of rotatable bonds is 6. The molecule has 88 valence electrons. The Bertz CT molecular complexity index is 203. The molecule has 0 atom stereocenters. The monoisotopic (exact) mass is 234 g/mol. The number of carbonyl (C=O) groups is 2. The zero-order valence-corrected chi connectivity index (χ0v) is 10.5. The van der Waals surface area contributed by atoms with E-state index in [9.17, 15) is 9.59 Å². The van der Waals surface area contributed by atoms with Crippen LogP contribution in [0.15, 0.2) is 0 Å². The summed E-state index contributed by atoms with van der Waals surface area (Å²) in [7, 11) is 0. The topological polar surface area (TPSA) is 52.6 Å². The summed E-state index contributed by atoms with van der Waals surface area (Å²) < 4.78 is 8.59. The van der Waals surface area contributed by atoms with Gasteiger partial charge in [0.15, 0.2) is 0 Å². The van der Waals surface area contributed by atoms with Crippen molar-refractivity contribution in [2.75, 3.05) is 19.5 Å². The maximum absolute atomic E-state index is 11.7. The first kappa shape index (κ1) is 14.3. The van der Waals surface area contributed by atoms with Gasteiger partial charge in [-0.1, -0.05) is 6.92 Å². The predicted octanol–water partition coefficient (Wildman–Crippen LogP) is 1.62. The van der Waals surface area contributed by atoms with Gasteiger partial charge in [-0.15, -0.1) is 11.8 Å². The van der Waals surface area contributed by atoms with Crippen molar-refractivity contribution in [1.29, 1.82) is 0 Å². The molecule has 15 heavy (non-hydrogen) atoms. The Balaban J connectivity index is 4.86. The third kappa shape index (κ3) is 3.12. The van der Waals surface area contributed by atoms with Gasteiger partial charge < -0.3 is 9.47 Å². The molecule has 0 aromatic rings. The van der Waals surface area contributed by atoms with E-state index in [-0.39, 0.29) is 13.2 Å². The van der Waals surface area contributed by atoms with E-state index in [4.69, 9.17) is 9.47 Å². The minimum atomic E-state index is -1.20. The molecule has 0 heterocycles. The quantitative estimate of drug-likeness (QED) is 0.516.